The molecule has 3 rings (SSSR count). The van der Waals surface area contributed by atoms with Crippen LogP contribution in [0.4, 0.5) is 4.79 Å². The lowest BCUT2D eigenvalue weighted by molar-refractivity contribution is 0.115. The van der Waals surface area contributed by atoms with Gasteiger partial charge in [-0.2, -0.15) is 0 Å². The highest BCUT2D eigenvalue weighted by Crippen LogP contribution is 2.22. The van der Waals surface area contributed by atoms with Gasteiger partial charge in [-0.05, 0) is 39.8 Å². The lowest BCUT2D eigenvalue weighted by Crippen LogP contribution is -2.42. The third kappa shape index (κ3) is 4.58. The lowest BCUT2D eigenvalue weighted by atomic mass is 10.1. The normalized spacial score (nSPS) is 11.9. The number of benzene rings is 2. The Morgan fingerprint density at radius 2 is 1.54 bits per heavy atom. The molecule has 4 heteroatoms. The predicted molar refractivity (Wildman–Crippen MR) is 115 cm³/mol. The van der Waals surface area contributed by atoms with E-state index < -0.39 is 0 Å². The Hall–Kier alpha value is -3.14. The molecule has 144 valence electrons. The van der Waals surface area contributed by atoms with E-state index in [1.165, 1.54) is 0 Å². The molecule has 0 fully saturated rings. The highest BCUT2D eigenvalue weighted by atomic mass is 16.6. The number of amides is 1. The Morgan fingerprint density at radius 3 is 2.21 bits per heavy atom. The number of fused-ring (bicyclic) bond motifs is 1. The zero-order chi connectivity index (χ0) is 20.1. The van der Waals surface area contributed by atoms with Gasteiger partial charge >= 0.3 is 6.09 Å². The van der Waals surface area contributed by atoms with Crippen LogP contribution in [-0.2, 0) is 4.74 Å². The summed E-state index contributed by atoms with van der Waals surface area (Å²) in [7, 11) is 0. The van der Waals surface area contributed by atoms with Crippen LogP contribution in [0.2, 0.25) is 0 Å². The SMILES string of the molecule is CC(C)N(C(=O)O/C(=C\c1ccc2ccccc2n1)c1ccccc1)C(C)C. The first-order valence-electron chi connectivity index (χ1n) is 9.59. The molecule has 0 spiro atoms. The van der Waals surface area contributed by atoms with Crippen molar-refractivity contribution >= 4 is 28.8 Å². The maximum absolute atomic E-state index is 12.9. The minimum atomic E-state index is -0.360. The molecule has 0 radical (unpaired) electrons. The van der Waals surface area contributed by atoms with Gasteiger partial charge in [0.2, 0.25) is 0 Å². The van der Waals surface area contributed by atoms with E-state index in [-0.39, 0.29) is 18.2 Å². The van der Waals surface area contributed by atoms with Crippen LogP contribution in [0.1, 0.15) is 39.0 Å². The van der Waals surface area contributed by atoms with Crippen molar-refractivity contribution in [3.63, 3.8) is 0 Å². The van der Waals surface area contributed by atoms with Crippen molar-refractivity contribution in [1.82, 2.24) is 9.88 Å². The van der Waals surface area contributed by atoms with Gasteiger partial charge in [-0.1, -0.05) is 54.6 Å². The molecule has 0 atom stereocenters. The first kappa shape index (κ1) is 19.6. The Kier molecular flexibility index (Phi) is 6.09. The third-order valence-corrected chi connectivity index (χ3v) is 4.48. The molecule has 3 aromatic rings. The summed E-state index contributed by atoms with van der Waals surface area (Å²) in [6.07, 6.45) is 1.46. The minimum Gasteiger partial charge on any atom is -0.409 e. The Balaban J connectivity index is 1.99. The van der Waals surface area contributed by atoms with Crippen molar-refractivity contribution in [2.24, 2.45) is 0 Å². The van der Waals surface area contributed by atoms with Crippen LogP contribution in [0.5, 0.6) is 0 Å². The van der Waals surface area contributed by atoms with Gasteiger partial charge in [0.05, 0.1) is 11.2 Å². The third-order valence-electron chi connectivity index (χ3n) is 4.48. The molecule has 4 nitrogen and oxygen atoms in total. The second-order valence-electron chi connectivity index (χ2n) is 7.27. The zero-order valence-electron chi connectivity index (χ0n) is 16.8. The number of carbonyl (C=O) groups excluding carboxylic acids is 1. The number of para-hydroxylation sites is 1. The Labute approximate surface area is 166 Å². The standard InChI is InChI=1S/C24H26N2O2/c1-17(2)26(18(3)4)24(27)28-23(20-11-6-5-7-12-20)16-21-15-14-19-10-8-9-13-22(19)25-21/h5-18H,1-4H3/b23-16-. The molecule has 1 amide bonds. The van der Waals surface area contributed by atoms with E-state index in [1.807, 2.05) is 101 Å². The highest BCUT2D eigenvalue weighted by molar-refractivity contribution is 5.86. The van der Waals surface area contributed by atoms with Gasteiger partial charge in [0.1, 0.15) is 5.76 Å². The molecule has 0 aliphatic heterocycles. The number of nitrogens with zero attached hydrogens (tertiary/aromatic N) is 2. The lowest BCUT2D eigenvalue weighted by Gasteiger charge is -2.30. The number of pyridine rings is 1. The largest absolute Gasteiger partial charge is 0.415 e. The summed E-state index contributed by atoms with van der Waals surface area (Å²) in [4.78, 5) is 19.3. The molecule has 0 saturated carbocycles. The molecular formula is C24H26N2O2. The molecular weight excluding hydrogens is 348 g/mol. The molecule has 1 heterocycles. The minimum absolute atomic E-state index is 0.0447. The summed E-state index contributed by atoms with van der Waals surface area (Å²) < 4.78 is 5.85. The fraction of sp³-hybridized carbons (Fsp3) is 0.250. The van der Waals surface area contributed by atoms with Crippen LogP contribution in [0.15, 0.2) is 66.7 Å². The van der Waals surface area contributed by atoms with Crippen LogP contribution < -0.4 is 0 Å². The number of ether oxygens (including phenoxy) is 1. The van der Waals surface area contributed by atoms with Crippen molar-refractivity contribution in [2.75, 3.05) is 0 Å². The van der Waals surface area contributed by atoms with Gasteiger partial charge in [0.15, 0.2) is 0 Å². The molecule has 28 heavy (non-hydrogen) atoms. The monoisotopic (exact) mass is 374 g/mol. The number of rotatable bonds is 5. The topological polar surface area (TPSA) is 42.4 Å². The first-order valence-corrected chi connectivity index (χ1v) is 9.59. The van der Waals surface area contributed by atoms with Crippen LogP contribution in [-0.4, -0.2) is 28.1 Å². The highest BCUT2D eigenvalue weighted by Gasteiger charge is 2.23. The van der Waals surface area contributed by atoms with Crippen molar-refractivity contribution < 1.29 is 9.53 Å². The van der Waals surface area contributed by atoms with E-state index in [2.05, 4.69) is 4.98 Å². The molecule has 0 bridgehead atoms. The van der Waals surface area contributed by atoms with Crippen LogP contribution in [0.25, 0.3) is 22.7 Å². The summed E-state index contributed by atoms with van der Waals surface area (Å²) in [5, 5.41) is 1.07. The Bertz CT molecular complexity index is 970. The summed E-state index contributed by atoms with van der Waals surface area (Å²) in [6, 6.07) is 21.6. The molecule has 0 N–H and O–H groups in total. The van der Waals surface area contributed by atoms with Crippen LogP contribution in [0.3, 0.4) is 0 Å². The predicted octanol–water partition coefficient (Wildman–Crippen LogP) is 5.99. The quantitative estimate of drug-likeness (QED) is 0.515. The molecule has 2 aromatic carbocycles. The van der Waals surface area contributed by atoms with Gasteiger partial charge in [0, 0.05) is 29.1 Å². The van der Waals surface area contributed by atoms with E-state index in [0.29, 0.717) is 5.76 Å². The second-order valence-corrected chi connectivity index (χ2v) is 7.27. The number of hydrogen-bond donors (Lipinski definition) is 0. The van der Waals surface area contributed by atoms with E-state index >= 15 is 0 Å². The van der Waals surface area contributed by atoms with Gasteiger partial charge in [-0.25, -0.2) is 9.78 Å². The summed E-state index contributed by atoms with van der Waals surface area (Å²) >= 11 is 0. The van der Waals surface area contributed by atoms with Gasteiger partial charge < -0.3 is 9.64 Å². The zero-order valence-corrected chi connectivity index (χ0v) is 16.8. The van der Waals surface area contributed by atoms with E-state index in [4.69, 9.17) is 4.74 Å². The van der Waals surface area contributed by atoms with Crippen LogP contribution in [0, 0.1) is 0 Å². The first-order chi connectivity index (χ1) is 13.5. The van der Waals surface area contributed by atoms with Gasteiger partial charge in [0.25, 0.3) is 0 Å². The van der Waals surface area contributed by atoms with E-state index in [1.54, 1.807) is 4.90 Å². The molecule has 0 aliphatic rings. The van der Waals surface area contributed by atoms with E-state index in [9.17, 15) is 4.79 Å². The Morgan fingerprint density at radius 1 is 0.893 bits per heavy atom. The average molecular weight is 374 g/mol. The summed E-state index contributed by atoms with van der Waals surface area (Å²) in [5.74, 6) is 0.486. The number of aromatic nitrogens is 1. The van der Waals surface area contributed by atoms with E-state index in [0.717, 1.165) is 22.2 Å². The number of hydrogen-bond acceptors (Lipinski definition) is 3. The molecule has 0 aliphatic carbocycles. The fourth-order valence-corrected chi connectivity index (χ4v) is 3.24. The maximum Gasteiger partial charge on any atom is 0.415 e. The van der Waals surface area contributed by atoms with Crippen molar-refractivity contribution in [2.45, 2.75) is 39.8 Å². The van der Waals surface area contributed by atoms with Crippen LogP contribution >= 0.6 is 0 Å². The molecule has 0 saturated heterocycles. The second kappa shape index (κ2) is 8.70. The summed E-state index contributed by atoms with van der Waals surface area (Å²) in [6.45, 7) is 7.94. The number of carbonyl (C=O) groups is 1. The summed E-state index contributed by atoms with van der Waals surface area (Å²) in [5.41, 5.74) is 2.48. The van der Waals surface area contributed by atoms with Crippen molar-refractivity contribution in [1.29, 1.82) is 0 Å². The van der Waals surface area contributed by atoms with Gasteiger partial charge in [-0.3, -0.25) is 0 Å². The fourth-order valence-electron chi connectivity index (χ4n) is 3.24. The van der Waals surface area contributed by atoms with Crippen molar-refractivity contribution in [3.05, 3.63) is 78.0 Å². The van der Waals surface area contributed by atoms with Crippen molar-refractivity contribution in [3.8, 4) is 0 Å². The smallest absolute Gasteiger partial charge is 0.409 e. The maximum atomic E-state index is 12.9. The molecule has 1 aromatic heterocycles. The molecule has 0 unspecified atom stereocenters. The average Bonchev–Trinajstić information content (AvgIpc) is 2.67. The van der Waals surface area contributed by atoms with Gasteiger partial charge in [-0.15, -0.1) is 0 Å².